The number of rotatable bonds is 5. The summed E-state index contributed by atoms with van der Waals surface area (Å²) in [6, 6.07) is 0. The molecule has 0 saturated heterocycles. The van der Waals surface area contributed by atoms with Gasteiger partial charge in [0.25, 0.3) is 0 Å². The summed E-state index contributed by atoms with van der Waals surface area (Å²) in [5.41, 5.74) is 0. The predicted molar refractivity (Wildman–Crippen MR) is 55.3 cm³/mol. The highest BCUT2D eigenvalue weighted by atomic mass is 14.3. The van der Waals surface area contributed by atoms with Crippen molar-refractivity contribution in [1.29, 1.82) is 0 Å². The molecule has 0 spiro atoms. The third-order valence-corrected chi connectivity index (χ3v) is 3.31. The lowest BCUT2D eigenvalue weighted by Crippen LogP contribution is -1.96. The van der Waals surface area contributed by atoms with E-state index >= 15 is 0 Å². The van der Waals surface area contributed by atoms with Crippen LogP contribution >= 0.6 is 0 Å². The van der Waals surface area contributed by atoms with Crippen LogP contribution in [0.5, 0.6) is 0 Å². The van der Waals surface area contributed by atoms with Gasteiger partial charge in [-0.2, -0.15) is 0 Å². The van der Waals surface area contributed by atoms with Crippen LogP contribution in [0.15, 0.2) is 0 Å². The van der Waals surface area contributed by atoms with E-state index in [0.29, 0.717) is 0 Å². The normalized spacial score (nSPS) is 29.5. The molecule has 0 aromatic carbocycles. The first-order valence-corrected chi connectivity index (χ1v) is 5.86. The maximum absolute atomic E-state index is 2.32. The second kappa shape index (κ2) is 5.61. The van der Waals surface area contributed by atoms with Crippen molar-refractivity contribution in [3.63, 3.8) is 0 Å². The van der Waals surface area contributed by atoms with Gasteiger partial charge in [-0.1, -0.05) is 58.8 Å². The van der Waals surface area contributed by atoms with Crippen LogP contribution in [0.4, 0.5) is 0 Å². The Balaban J connectivity index is 2.08. The molecule has 0 bridgehead atoms. The molecule has 0 aliphatic heterocycles. The summed E-state index contributed by atoms with van der Waals surface area (Å²) in [6.07, 6.45) is 11.9. The minimum Gasteiger partial charge on any atom is -0.0654 e. The van der Waals surface area contributed by atoms with Gasteiger partial charge < -0.3 is 0 Å². The smallest absolute Gasteiger partial charge is 0.0412 e. The Kier molecular flexibility index (Phi) is 4.72. The van der Waals surface area contributed by atoms with Crippen molar-refractivity contribution >= 4 is 0 Å². The molecule has 0 aromatic rings. The lowest BCUT2D eigenvalue weighted by Gasteiger charge is -2.09. The highest BCUT2D eigenvalue weighted by molar-refractivity contribution is 4.75. The molecule has 0 aromatic heterocycles. The number of hydrogen-bond acceptors (Lipinski definition) is 0. The SMILES string of the molecule is CCCCC1CC[C@H](CCC)C1. The van der Waals surface area contributed by atoms with Gasteiger partial charge >= 0.3 is 0 Å². The molecule has 72 valence electrons. The van der Waals surface area contributed by atoms with Crippen molar-refractivity contribution in [2.24, 2.45) is 11.8 Å². The first-order valence-electron chi connectivity index (χ1n) is 5.86. The van der Waals surface area contributed by atoms with E-state index in [0.717, 1.165) is 11.8 Å². The quantitative estimate of drug-likeness (QED) is 0.571. The molecule has 0 radical (unpaired) electrons. The summed E-state index contributed by atoms with van der Waals surface area (Å²) < 4.78 is 0. The molecule has 1 rings (SSSR count). The average molecular weight is 168 g/mol. The summed E-state index contributed by atoms with van der Waals surface area (Å²) >= 11 is 0. The van der Waals surface area contributed by atoms with Gasteiger partial charge in [-0.05, 0) is 18.3 Å². The topological polar surface area (TPSA) is 0 Å². The average Bonchev–Trinajstić information content (AvgIpc) is 2.50. The minimum atomic E-state index is 1.09. The molecule has 0 amide bonds. The van der Waals surface area contributed by atoms with Crippen LogP contribution in [-0.4, -0.2) is 0 Å². The van der Waals surface area contributed by atoms with Gasteiger partial charge in [0.2, 0.25) is 0 Å². The summed E-state index contributed by atoms with van der Waals surface area (Å²) in [5.74, 6) is 2.19. The highest BCUT2D eigenvalue weighted by Gasteiger charge is 2.22. The van der Waals surface area contributed by atoms with Crippen molar-refractivity contribution in [2.75, 3.05) is 0 Å². The fourth-order valence-electron chi connectivity index (χ4n) is 2.60. The molecule has 1 fully saturated rings. The molecule has 0 heteroatoms. The molecule has 1 unspecified atom stereocenters. The molecule has 1 aliphatic rings. The van der Waals surface area contributed by atoms with Crippen molar-refractivity contribution in [2.45, 2.75) is 65.2 Å². The highest BCUT2D eigenvalue weighted by Crippen LogP contribution is 2.36. The lowest BCUT2D eigenvalue weighted by atomic mass is 9.97. The van der Waals surface area contributed by atoms with Crippen molar-refractivity contribution in [3.8, 4) is 0 Å². The zero-order chi connectivity index (χ0) is 8.81. The van der Waals surface area contributed by atoms with E-state index in [1.54, 1.807) is 6.42 Å². The van der Waals surface area contributed by atoms with Gasteiger partial charge in [0.05, 0.1) is 0 Å². The van der Waals surface area contributed by atoms with E-state index in [1.807, 2.05) is 0 Å². The van der Waals surface area contributed by atoms with E-state index in [2.05, 4.69) is 13.8 Å². The van der Waals surface area contributed by atoms with Gasteiger partial charge in [0.1, 0.15) is 0 Å². The Hall–Kier alpha value is 0. The maximum Gasteiger partial charge on any atom is -0.0412 e. The van der Waals surface area contributed by atoms with Gasteiger partial charge in [-0.15, -0.1) is 0 Å². The Bertz CT molecular complexity index is 107. The molecule has 0 heterocycles. The molecule has 0 nitrogen and oxygen atoms in total. The summed E-state index contributed by atoms with van der Waals surface area (Å²) in [7, 11) is 0. The Labute approximate surface area is 77.7 Å². The minimum absolute atomic E-state index is 1.09. The summed E-state index contributed by atoms with van der Waals surface area (Å²) in [5, 5.41) is 0. The van der Waals surface area contributed by atoms with E-state index in [9.17, 15) is 0 Å². The van der Waals surface area contributed by atoms with E-state index < -0.39 is 0 Å². The third kappa shape index (κ3) is 3.16. The first kappa shape index (κ1) is 10.1. The lowest BCUT2D eigenvalue weighted by molar-refractivity contribution is 0.433. The van der Waals surface area contributed by atoms with Crippen molar-refractivity contribution < 1.29 is 0 Å². The predicted octanol–water partition coefficient (Wildman–Crippen LogP) is 4.39. The largest absolute Gasteiger partial charge is 0.0654 e. The van der Waals surface area contributed by atoms with E-state index in [-0.39, 0.29) is 0 Å². The summed E-state index contributed by atoms with van der Waals surface area (Å²) in [6.45, 7) is 4.62. The number of hydrogen-bond donors (Lipinski definition) is 0. The standard InChI is InChI=1S/C12H24/c1-3-5-7-12-9-8-11(10-12)6-4-2/h11-12H,3-10H2,1-2H3/t11-,12?/m0/s1. The monoisotopic (exact) mass is 168 g/mol. The van der Waals surface area contributed by atoms with Crippen molar-refractivity contribution in [3.05, 3.63) is 0 Å². The van der Waals surface area contributed by atoms with Crippen LogP contribution < -0.4 is 0 Å². The molecule has 1 aliphatic carbocycles. The third-order valence-electron chi connectivity index (χ3n) is 3.31. The fourth-order valence-corrected chi connectivity index (χ4v) is 2.60. The molecular weight excluding hydrogens is 144 g/mol. The molecule has 0 N–H and O–H groups in total. The molecular formula is C12H24. The van der Waals surface area contributed by atoms with Gasteiger partial charge in [-0.25, -0.2) is 0 Å². The van der Waals surface area contributed by atoms with Gasteiger partial charge in [-0.3, -0.25) is 0 Å². The summed E-state index contributed by atoms with van der Waals surface area (Å²) in [4.78, 5) is 0. The Morgan fingerprint density at radius 2 is 1.58 bits per heavy atom. The zero-order valence-electron chi connectivity index (χ0n) is 8.81. The van der Waals surface area contributed by atoms with Gasteiger partial charge in [0.15, 0.2) is 0 Å². The van der Waals surface area contributed by atoms with Crippen LogP contribution in [0.2, 0.25) is 0 Å². The molecule has 1 saturated carbocycles. The first-order chi connectivity index (χ1) is 5.86. The number of unbranched alkanes of at least 4 members (excludes halogenated alkanes) is 1. The molecule has 2 atom stereocenters. The van der Waals surface area contributed by atoms with Crippen LogP contribution in [-0.2, 0) is 0 Å². The molecule has 12 heavy (non-hydrogen) atoms. The van der Waals surface area contributed by atoms with Crippen LogP contribution in [0, 0.1) is 11.8 Å². The van der Waals surface area contributed by atoms with Crippen LogP contribution in [0.3, 0.4) is 0 Å². The van der Waals surface area contributed by atoms with Gasteiger partial charge in [0, 0.05) is 0 Å². The zero-order valence-corrected chi connectivity index (χ0v) is 8.81. The van der Waals surface area contributed by atoms with E-state index in [4.69, 9.17) is 0 Å². The second-order valence-electron chi connectivity index (χ2n) is 4.48. The maximum atomic E-state index is 2.32. The van der Waals surface area contributed by atoms with Crippen LogP contribution in [0.1, 0.15) is 65.2 Å². The second-order valence-corrected chi connectivity index (χ2v) is 4.48. The van der Waals surface area contributed by atoms with Crippen molar-refractivity contribution in [1.82, 2.24) is 0 Å². The van der Waals surface area contributed by atoms with E-state index in [1.165, 1.54) is 44.9 Å². The Morgan fingerprint density at radius 3 is 2.17 bits per heavy atom. The Morgan fingerprint density at radius 1 is 0.917 bits per heavy atom. The fraction of sp³-hybridized carbons (Fsp3) is 1.00. The van der Waals surface area contributed by atoms with Crippen LogP contribution in [0.25, 0.3) is 0 Å².